The molecule has 0 aliphatic heterocycles. The third-order valence-corrected chi connectivity index (χ3v) is 4.52. The first-order valence-corrected chi connectivity index (χ1v) is 7.49. The van der Waals surface area contributed by atoms with Crippen molar-refractivity contribution in [2.24, 2.45) is 5.41 Å². The molecule has 1 aromatic heterocycles. The highest BCUT2D eigenvalue weighted by Gasteiger charge is 2.16. The maximum atomic E-state index is 8.96. The Kier molecular flexibility index (Phi) is 5.84. The second-order valence-electron chi connectivity index (χ2n) is 5.62. The maximum absolute atomic E-state index is 8.96. The summed E-state index contributed by atoms with van der Waals surface area (Å²) in [6.45, 7) is 7.39. The van der Waals surface area contributed by atoms with E-state index in [1.165, 1.54) is 4.88 Å². The summed E-state index contributed by atoms with van der Waals surface area (Å²) in [6, 6.07) is 7.17. The Balaban J connectivity index is 2.26. The van der Waals surface area contributed by atoms with Gasteiger partial charge in [-0.3, -0.25) is 4.90 Å². The van der Waals surface area contributed by atoms with Crippen LogP contribution in [0.4, 0.5) is 0 Å². The number of hydrogen-bond donors (Lipinski definition) is 0. The van der Waals surface area contributed by atoms with Gasteiger partial charge in [0.05, 0.1) is 11.5 Å². The molecule has 0 bridgehead atoms. The van der Waals surface area contributed by atoms with Gasteiger partial charge in [0.2, 0.25) is 0 Å². The van der Waals surface area contributed by atoms with Crippen molar-refractivity contribution >= 4 is 11.3 Å². The van der Waals surface area contributed by atoms with E-state index in [1.54, 1.807) is 0 Å². The quantitative estimate of drug-likeness (QED) is 0.680. The average molecular weight is 264 g/mol. The molecule has 0 N–H and O–H groups in total. The van der Waals surface area contributed by atoms with Gasteiger partial charge in [-0.05, 0) is 58.7 Å². The zero-order chi connectivity index (χ0) is 13.6. The first-order valence-electron chi connectivity index (χ1n) is 6.61. The Bertz CT molecular complexity index is 376. The van der Waals surface area contributed by atoms with Gasteiger partial charge in [-0.1, -0.05) is 12.5 Å². The van der Waals surface area contributed by atoms with E-state index in [0.29, 0.717) is 6.04 Å². The van der Waals surface area contributed by atoms with E-state index in [4.69, 9.17) is 5.26 Å². The smallest absolute Gasteiger partial charge is 0.0683 e. The lowest BCUT2D eigenvalue weighted by atomic mass is 9.89. The van der Waals surface area contributed by atoms with Crippen molar-refractivity contribution in [3.05, 3.63) is 22.4 Å². The molecule has 0 fully saturated rings. The maximum Gasteiger partial charge on any atom is 0.0683 e. The minimum Gasteiger partial charge on any atom is -0.299 e. The normalized spacial score (nSPS) is 13.6. The molecule has 0 radical (unpaired) electrons. The lowest BCUT2D eigenvalue weighted by Gasteiger charge is -2.24. The van der Waals surface area contributed by atoms with Gasteiger partial charge >= 0.3 is 0 Å². The summed E-state index contributed by atoms with van der Waals surface area (Å²) in [7, 11) is 2.18. The molecule has 0 aliphatic carbocycles. The van der Waals surface area contributed by atoms with E-state index in [9.17, 15) is 0 Å². The Labute approximate surface area is 115 Å². The van der Waals surface area contributed by atoms with E-state index in [0.717, 1.165) is 25.8 Å². The van der Waals surface area contributed by atoms with Crippen LogP contribution in [-0.2, 0) is 0 Å². The van der Waals surface area contributed by atoms with Crippen molar-refractivity contribution < 1.29 is 0 Å². The standard InChI is InChI=1S/C15H24N2S/c1-13(14-8-7-11-18-14)17(4)10-6-5-9-15(2,3)12-16/h7-8,11,13H,5-6,9-10H2,1-4H3. The zero-order valence-electron chi connectivity index (χ0n) is 11.9. The van der Waals surface area contributed by atoms with Gasteiger partial charge < -0.3 is 0 Å². The van der Waals surface area contributed by atoms with E-state index in [2.05, 4.69) is 42.5 Å². The predicted molar refractivity (Wildman–Crippen MR) is 78.6 cm³/mol. The summed E-state index contributed by atoms with van der Waals surface area (Å²) in [5.74, 6) is 0. The van der Waals surface area contributed by atoms with E-state index in [-0.39, 0.29) is 5.41 Å². The molecule has 1 atom stereocenters. The summed E-state index contributed by atoms with van der Waals surface area (Å²) in [5.41, 5.74) is -0.169. The van der Waals surface area contributed by atoms with Gasteiger partial charge in [0.1, 0.15) is 0 Å². The van der Waals surface area contributed by atoms with Gasteiger partial charge in [-0.2, -0.15) is 5.26 Å². The van der Waals surface area contributed by atoms with Gasteiger partial charge in [-0.25, -0.2) is 0 Å². The molecular formula is C15H24N2S. The van der Waals surface area contributed by atoms with Gasteiger partial charge in [0.25, 0.3) is 0 Å². The van der Waals surface area contributed by atoms with Crippen molar-refractivity contribution in [1.82, 2.24) is 4.90 Å². The molecule has 1 unspecified atom stereocenters. The lowest BCUT2D eigenvalue weighted by Crippen LogP contribution is -2.23. The van der Waals surface area contributed by atoms with Crippen LogP contribution in [0.1, 0.15) is 51.0 Å². The molecule has 18 heavy (non-hydrogen) atoms. The molecule has 0 amide bonds. The minimum absolute atomic E-state index is 0.169. The number of nitrogens with zero attached hydrogens (tertiary/aromatic N) is 2. The fourth-order valence-corrected chi connectivity index (χ4v) is 2.77. The van der Waals surface area contributed by atoms with Gasteiger partial charge in [0.15, 0.2) is 0 Å². The first-order chi connectivity index (χ1) is 8.46. The number of thiophene rings is 1. The fraction of sp³-hybridized carbons (Fsp3) is 0.667. The van der Waals surface area contributed by atoms with Gasteiger partial charge in [-0.15, -0.1) is 11.3 Å². The van der Waals surface area contributed by atoms with Gasteiger partial charge in [0, 0.05) is 10.9 Å². The van der Waals surface area contributed by atoms with Crippen LogP contribution in [-0.4, -0.2) is 18.5 Å². The molecule has 0 aliphatic rings. The minimum atomic E-state index is -0.169. The third kappa shape index (κ3) is 4.80. The Morgan fingerprint density at radius 1 is 1.44 bits per heavy atom. The van der Waals surface area contributed by atoms with Crippen molar-refractivity contribution in [1.29, 1.82) is 5.26 Å². The molecule has 3 heteroatoms. The van der Waals surface area contributed by atoms with E-state index in [1.807, 2.05) is 25.2 Å². The first kappa shape index (κ1) is 15.2. The van der Waals surface area contributed by atoms with Crippen molar-refractivity contribution in [3.8, 4) is 6.07 Å². The van der Waals surface area contributed by atoms with Crippen LogP contribution >= 0.6 is 11.3 Å². The Morgan fingerprint density at radius 3 is 2.72 bits per heavy atom. The second kappa shape index (κ2) is 6.92. The van der Waals surface area contributed by atoms with Crippen LogP contribution in [0.15, 0.2) is 17.5 Å². The van der Waals surface area contributed by atoms with Crippen LogP contribution < -0.4 is 0 Å². The van der Waals surface area contributed by atoms with Crippen LogP contribution in [0.5, 0.6) is 0 Å². The summed E-state index contributed by atoms with van der Waals surface area (Å²) in [4.78, 5) is 3.82. The number of hydrogen-bond acceptors (Lipinski definition) is 3. The fourth-order valence-electron chi connectivity index (χ4n) is 1.92. The van der Waals surface area contributed by atoms with Crippen molar-refractivity contribution in [2.75, 3.05) is 13.6 Å². The molecular weight excluding hydrogens is 240 g/mol. The largest absolute Gasteiger partial charge is 0.299 e. The SMILES string of the molecule is CC(c1cccs1)N(C)CCCCC(C)(C)C#N. The predicted octanol–water partition coefficient (Wildman–Crippen LogP) is 4.46. The number of unbranched alkanes of at least 4 members (excludes halogenated alkanes) is 1. The second-order valence-corrected chi connectivity index (χ2v) is 6.60. The zero-order valence-corrected chi connectivity index (χ0v) is 12.8. The average Bonchev–Trinajstić information content (AvgIpc) is 2.87. The molecule has 0 spiro atoms. The monoisotopic (exact) mass is 264 g/mol. The topological polar surface area (TPSA) is 27.0 Å². The summed E-state index contributed by atoms with van der Waals surface area (Å²) in [6.07, 6.45) is 3.28. The van der Waals surface area contributed by atoms with E-state index >= 15 is 0 Å². The van der Waals surface area contributed by atoms with E-state index < -0.39 is 0 Å². The van der Waals surface area contributed by atoms with Crippen LogP contribution in [0.3, 0.4) is 0 Å². The summed E-state index contributed by atoms with van der Waals surface area (Å²) < 4.78 is 0. The lowest BCUT2D eigenvalue weighted by molar-refractivity contribution is 0.254. The molecule has 100 valence electrons. The Morgan fingerprint density at radius 2 is 2.17 bits per heavy atom. The van der Waals surface area contributed by atoms with Crippen molar-refractivity contribution in [2.45, 2.75) is 46.1 Å². The van der Waals surface area contributed by atoms with Crippen molar-refractivity contribution in [3.63, 3.8) is 0 Å². The summed E-state index contributed by atoms with van der Waals surface area (Å²) >= 11 is 1.82. The molecule has 1 rings (SSSR count). The highest BCUT2D eigenvalue weighted by Crippen LogP contribution is 2.25. The number of rotatable bonds is 7. The molecule has 1 heterocycles. The summed E-state index contributed by atoms with van der Waals surface area (Å²) in [5, 5.41) is 11.1. The molecule has 0 saturated heterocycles. The van der Waals surface area contributed by atoms with Crippen LogP contribution in [0, 0.1) is 16.7 Å². The highest BCUT2D eigenvalue weighted by molar-refractivity contribution is 7.10. The Hall–Kier alpha value is -0.850. The third-order valence-electron chi connectivity index (χ3n) is 3.48. The molecule has 0 saturated carbocycles. The van der Waals surface area contributed by atoms with Crippen LogP contribution in [0.25, 0.3) is 0 Å². The van der Waals surface area contributed by atoms with Crippen LogP contribution in [0.2, 0.25) is 0 Å². The number of nitriles is 1. The molecule has 2 nitrogen and oxygen atoms in total. The highest BCUT2D eigenvalue weighted by atomic mass is 32.1. The molecule has 0 aromatic carbocycles. The molecule has 1 aromatic rings.